The fourth-order valence-corrected chi connectivity index (χ4v) is 3.43. The lowest BCUT2D eigenvalue weighted by Crippen LogP contribution is -1.86. The summed E-state index contributed by atoms with van der Waals surface area (Å²) in [5, 5.41) is 0. The molecule has 0 aliphatic carbocycles. The van der Waals surface area contributed by atoms with E-state index in [9.17, 15) is 9.13 Å². The average molecular weight is 394 g/mol. The van der Waals surface area contributed by atoms with Gasteiger partial charge in [0.15, 0.2) is 12.3 Å². The Labute approximate surface area is 158 Å². The zero-order valence-electron chi connectivity index (χ0n) is 15.0. The van der Waals surface area contributed by atoms with Crippen LogP contribution in [0.5, 0.6) is 0 Å². The van der Waals surface area contributed by atoms with Crippen molar-refractivity contribution in [2.75, 3.05) is 12.3 Å². The number of hydrogen-bond acceptors (Lipinski definition) is 2. The predicted octanol–water partition coefficient (Wildman–Crippen LogP) is 5.49. The monoisotopic (exact) mass is 394 g/mol. The molecule has 0 fully saturated rings. The second-order valence-corrected chi connectivity index (χ2v) is 8.34. The minimum absolute atomic E-state index is 0.433. The maximum absolute atomic E-state index is 10.4. The minimum Gasteiger partial charge on any atom is -0.161 e. The van der Waals surface area contributed by atoms with Crippen LogP contribution in [0, 0.1) is 0 Å². The topological polar surface area (TPSA) is 74.6 Å². The van der Waals surface area contributed by atoms with E-state index in [0.29, 0.717) is 12.3 Å². The molecule has 2 N–H and O–H groups in total. The van der Waals surface area contributed by atoms with Gasteiger partial charge in [-0.05, 0) is 58.8 Å². The Balaban J connectivity index is 0.000000260. The molecule has 0 saturated heterocycles. The Morgan fingerprint density at radius 3 is 1.23 bits per heavy atom. The number of aryl methyl sites for hydroxylation is 2. The summed E-state index contributed by atoms with van der Waals surface area (Å²) in [7, 11) is -3.86. The highest BCUT2D eigenvalue weighted by Gasteiger charge is 2.08. The van der Waals surface area contributed by atoms with Gasteiger partial charge in [0.2, 0.25) is 0 Å². The fourth-order valence-electron chi connectivity index (χ4n) is 2.44. The van der Waals surface area contributed by atoms with E-state index >= 15 is 0 Å². The molecule has 0 amide bonds. The van der Waals surface area contributed by atoms with Crippen LogP contribution in [0.3, 0.4) is 0 Å². The van der Waals surface area contributed by atoms with E-state index in [2.05, 4.69) is 24.3 Å². The third-order valence-corrected chi connectivity index (χ3v) is 5.21. The van der Waals surface area contributed by atoms with Crippen LogP contribution in [-0.2, 0) is 22.0 Å². The van der Waals surface area contributed by atoms with Gasteiger partial charge in [0.25, 0.3) is 0 Å². The van der Waals surface area contributed by atoms with Gasteiger partial charge in [-0.25, -0.2) is 0 Å². The van der Waals surface area contributed by atoms with Crippen LogP contribution in [-0.4, -0.2) is 22.1 Å². The number of unbranched alkanes of at least 4 members (excludes halogenated alkanes) is 2. The lowest BCUT2D eigenvalue weighted by atomic mass is 10.1. The molecule has 2 atom stereocenters. The van der Waals surface area contributed by atoms with Crippen molar-refractivity contribution in [1.29, 1.82) is 0 Å². The Bertz CT molecular complexity index is 575. The molecule has 6 heteroatoms. The summed E-state index contributed by atoms with van der Waals surface area (Å²) in [5.74, 6) is 0. The van der Waals surface area contributed by atoms with Crippen molar-refractivity contribution in [3.05, 3.63) is 71.8 Å². The second-order valence-electron chi connectivity index (χ2n) is 6.04. The van der Waals surface area contributed by atoms with Crippen LogP contribution in [0.4, 0.5) is 0 Å². The van der Waals surface area contributed by atoms with Crippen molar-refractivity contribution in [3.63, 3.8) is 0 Å². The van der Waals surface area contributed by atoms with Gasteiger partial charge in [-0.15, -0.1) is 0 Å². The highest BCUT2D eigenvalue weighted by Crippen LogP contribution is 2.16. The van der Waals surface area contributed by atoms with E-state index in [1.54, 1.807) is 0 Å². The first-order valence-corrected chi connectivity index (χ1v) is 11.7. The summed E-state index contributed by atoms with van der Waals surface area (Å²) >= 11 is 0. The lowest BCUT2D eigenvalue weighted by molar-refractivity contribution is 0.498. The van der Waals surface area contributed by atoms with Crippen LogP contribution >= 0.6 is 16.1 Å². The van der Waals surface area contributed by atoms with E-state index in [-0.39, 0.29) is 0 Å². The van der Waals surface area contributed by atoms with E-state index < -0.39 is 16.1 Å². The zero-order valence-corrected chi connectivity index (χ0v) is 16.8. The molecule has 0 radical (unpaired) electrons. The molecule has 140 valence electrons. The molecule has 2 unspecified atom stereocenters. The van der Waals surface area contributed by atoms with Crippen LogP contribution in [0.2, 0.25) is 0 Å². The molecule has 0 bridgehead atoms. The molecule has 0 spiro atoms. The van der Waals surface area contributed by atoms with Gasteiger partial charge in [-0.1, -0.05) is 60.7 Å². The molecular weight excluding hydrogens is 366 g/mol. The zero-order chi connectivity index (χ0) is 19.0. The first kappa shape index (κ1) is 22.6. The largest absolute Gasteiger partial charge is 0.505 e. The first-order valence-electron chi connectivity index (χ1n) is 8.93. The second kappa shape index (κ2) is 14.7. The van der Waals surface area contributed by atoms with Crippen molar-refractivity contribution in [1.82, 2.24) is 0 Å². The molecule has 0 aliphatic heterocycles. The van der Waals surface area contributed by atoms with Crippen molar-refractivity contribution >= 4 is 16.1 Å². The van der Waals surface area contributed by atoms with Crippen LogP contribution in [0.15, 0.2) is 60.7 Å². The number of benzene rings is 2. The predicted molar refractivity (Wildman–Crippen MR) is 108 cm³/mol. The van der Waals surface area contributed by atoms with E-state index in [0.717, 1.165) is 38.5 Å². The molecule has 0 saturated carbocycles. The standard InChI is InChI=1S/2C10H13O2P/c2*11-13(12)9-5-4-8-10-6-2-1-3-7-10/h2*1-3,6-7H,4-5,8-9H2/p+2. The number of hydrogen-bond donors (Lipinski definition) is 2. The molecule has 4 nitrogen and oxygen atoms in total. The van der Waals surface area contributed by atoms with E-state index in [1.165, 1.54) is 11.1 Å². The van der Waals surface area contributed by atoms with Gasteiger partial charge in [0.05, 0.1) is 0 Å². The smallest absolute Gasteiger partial charge is 0.161 e. The Morgan fingerprint density at radius 2 is 0.923 bits per heavy atom. The van der Waals surface area contributed by atoms with Crippen molar-refractivity contribution in [3.8, 4) is 0 Å². The maximum atomic E-state index is 10.4. The summed E-state index contributed by atoms with van der Waals surface area (Å²) in [5.41, 5.74) is 2.60. The molecule has 2 aromatic rings. The van der Waals surface area contributed by atoms with Gasteiger partial charge < -0.3 is 0 Å². The van der Waals surface area contributed by atoms with Gasteiger partial charge in [0, 0.05) is 0 Å². The molecule has 0 heterocycles. The summed E-state index contributed by atoms with van der Waals surface area (Å²) in [4.78, 5) is 17.1. The summed E-state index contributed by atoms with van der Waals surface area (Å²) in [6.45, 7) is 0. The van der Waals surface area contributed by atoms with Crippen LogP contribution < -0.4 is 0 Å². The maximum Gasteiger partial charge on any atom is 0.505 e. The van der Waals surface area contributed by atoms with Crippen LogP contribution in [0.1, 0.15) is 36.8 Å². The van der Waals surface area contributed by atoms with Crippen molar-refractivity contribution < 1.29 is 18.9 Å². The quantitative estimate of drug-likeness (QED) is 0.413. The minimum atomic E-state index is -1.93. The Hall–Kier alpha value is -1.44. The highest BCUT2D eigenvalue weighted by atomic mass is 31.1. The molecule has 0 aliphatic rings. The summed E-state index contributed by atoms with van der Waals surface area (Å²) in [6.07, 6.45) is 6.52. The van der Waals surface area contributed by atoms with Gasteiger partial charge in [-0.3, -0.25) is 0 Å². The molecule has 0 aromatic heterocycles. The van der Waals surface area contributed by atoms with Gasteiger partial charge >= 0.3 is 16.1 Å². The normalized spacial score (nSPS) is 11.3. The van der Waals surface area contributed by atoms with Crippen molar-refractivity contribution in [2.24, 2.45) is 0 Å². The van der Waals surface area contributed by atoms with Crippen LogP contribution in [0.25, 0.3) is 0 Å². The van der Waals surface area contributed by atoms with Crippen molar-refractivity contribution in [2.45, 2.75) is 38.5 Å². The Morgan fingerprint density at radius 1 is 0.577 bits per heavy atom. The SMILES string of the molecule is O=[P+](O)CCCCc1ccccc1.O=[P+](O)CCCCc1ccccc1. The lowest BCUT2D eigenvalue weighted by Gasteiger charge is -1.96. The third-order valence-electron chi connectivity index (χ3n) is 3.82. The third kappa shape index (κ3) is 12.9. The Kier molecular flexibility index (Phi) is 12.8. The summed E-state index contributed by atoms with van der Waals surface area (Å²) < 4.78 is 20.7. The van der Waals surface area contributed by atoms with Gasteiger partial charge in [-0.2, -0.15) is 9.79 Å². The van der Waals surface area contributed by atoms with Gasteiger partial charge in [0.1, 0.15) is 0 Å². The first-order chi connectivity index (χ1) is 12.6. The van der Waals surface area contributed by atoms with E-state index in [1.807, 2.05) is 36.4 Å². The number of rotatable bonds is 10. The molecule has 2 aromatic carbocycles. The highest BCUT2D eigenvalue weighted by molar-refractivity contribution is 7.38. The molecule has 26 heavy (non-hydrogen) atoms. The summed E-state index contributed by atoms with van der Waals surface area (Å²) in [6, 6.07) is 20.4. The average Bonchev–Trinajstić information content (AvgIpc) is 2.64. The fraction of sp³-hybridized carbons (Fsp3) is 0.400. The van der Waals surface area contributed by atoms with E-state index in [4.69, 9.17) is 9.79 Å². The molecule has 2 rings (SSSR count). The molecular formula is C20H28O4P2+2.